The van der Waals surface area contributed by atoms with Crippen molar-refractivity contribution in [3.63, 3.8) is 0 Å². The van der Waals surface area contributed by atoms with E-state index in [1.54, 1.807) is 29.5 Å². The molecule has 1 atom stereocenters. The van der Waals surface area contributed by atoms with Crippen LogP contribution in [0.25, 0.3) is 0 Å². The van der Waals surface area contributed by atoms with Gasteiger partial charge in [-0.25, -0.2) is 4.79 Å². The first-order valence-electron chi connectivity index (χ1n) is 10.4. The standard InChI is InChI=1S/C22H25N3O5S/c1-3-29-16-8-7-14(12-17(16)30-4-2)23-19(26)13-25-20(27)22(24-21(25)28)10-5-6-18-15(22)9-11-31-18/h7-9,11-12H,3-6,10,13H2,1-2H3,(H,23,26)(H,24,28)/t22-/m1/s1. The highest BCUT2D eigenvalue weighted by Gasteiger charge is 2.54. The van der Waals surface area contributed by atoms with Gasteiger partial charge in [-0.2, -0.15) is 0 Å². The maximum Gasteiger partial charge on any atom is 0.325 e. The van der Waals surface area contributed by atoms with E-state index in [1.807, 2.05) is 25.3 Å². The second kappa shape index (κ2) is 8.58. The summed E-state index contributed by atoms with van der Waals surface area (Å²) in [6.45, 7) is 4.32. The van der Waals surface area contributed by atoms with E-state index >= 15 is 0 Å². The topological polar surface area (TPSA) is 97.0 Å². The minimum atomic E-state index is -1.05. The monoisotopic (exact) mass is 443 g/mol. The zero-order valence-electron chi connectivity index (χ0n) is 17.5. The summed E-state index contributed by atoms with van der Waals surface area (Å²) in [5.41, 5.74) is 0.306. The lowest BCUT2D eigenvalue weighted by atomic mass is 9.80. The third-order valence-corrected chi connectivity index (χ3v) is 6.45. The summed E-state index contributed by atoms with van der Waals surface area (Å²) in [5, 5.41) is 7.53. The number of benzene rings is 1. The van der Waals surface area contributed by atoms with E-state index in [0.29, 0.717) is 36.8 Å². The van der Waals surface area contributed by atoms with Gasteiger partial charge in [-0.05, 0) is 56.7 Å². The van der Waals surface area contributed by atoms with Crippen molar-refractivity contribution in [2.45, 2.75) is 38.6 Å². The number of anilines is 1. The number of carbonyl (C=O) groups excluding carboxylic acids is 3. The molecular formula is C22H25N3O5S. The van der Waals surface area contributed by atoms with Crippen LogP contribution in [-0.4, -0.2) is 42.5 Å². The van der Waals surface area contributed by atoms with Crippen molar-refractivity contribution in [2.75, 3.05) is 25.1 Å². The van der Waals surface area contributed by atoms with Crippen LogP contribution < -0.4 is 20.1 Å². The molecule has 0 unspecified atom stereocenters. The second-order valence-corrected chi connectivity index (χ2v) is 8.41. The molecule has 1 aliphatic heterocycles. The Hall–Kier alpha value is -3.07. The zero-order valence-corrected chi connectivity index (χ0v) is 18.3. The number of hydrogen-bond acceptors (Lipinski definition) is 6. The molecule has 4 amide bonds. The number of rotatable bonds is 7. The molecule has 2 aliphatic rings. The molecule has 31 heavy (non-hydrogen) atoms. The van der Waals surface area contributed by atoms with E-state index in [1.165, 1.54) is 0 Å². The number of carbonyl (C=O) groups is 3. The number of amides is 4. The number of fused-ring (bicyclic) bond motifs is 2. The van der Waals surface area contributed by atoms with Crippen LogP contribution >= 0.6 is 11.3 Å². The summed E-state index contributed by atoms with van der Waals surface area (Å²) in [6.07, 6.45) is 2.25. The van der Waals surface area contributed by atoms with Crippen LogP contribution in [0.3, 0.4) is 0 Å². The average Bonchev–Trinajstić information content (AvgIpc) is 3.31. The molecule has 1 aliphatic carbocycles. The van der Waals surface area contributed by atoms with Gasteiger partial charge < -0.3 is 20.1 Å². The molecule has 2 heterocycles. The SMILES string of the molecule is CCOc1ccc(NC(=O)CN2C(=O)N[C@@]3(CCCc4sccc43)C2=O)cc1OCC. The van der Waals surface area contributed by atoms with Gasteiger partial charge in [-0.3, -0.25) is 14.5 Å². The fourth-order valence-electron chi connectivity index (χ4n) is 4.16. The van der Waals surface area contributed by atoms with Gasteiger partial charge in [-0.1, -0.05) is 0 Å². The first-order chi connectivity index (χ1) is 15.0. The normalized spacial score (nSPS) is 19.9. The molecule has 164 valence electrons. The van der Waals surface area contributed by atoms with Crippen LogP contribution in [0.1, 0.15) is 37.1 Å². The highest BCUT2D eigenvalue weighted by Crippen LogP contribution is 2.42. The van der Waals surface area contributed by atoms with Gasteiger partial charge in [0, 0.05) is 22.2 Å². The van der Waals surface area contributed by atoms with Gasteiger partial charge in [0.25, 0.3) is 5.91 Å². The van der Waals surface area contributed by atoms with Crippen molar-refractivity contribution in [3.8, 4) is 11.5 Å². The fourth-order valence-corrected chi connectivity index (χ4v) is 5.16. The van der Waals surface area contributed by atoms with E-state index in [4.69, 9.17) is 9.47 Å². The van der Waals surface area contributed by atoms with Gasteiger partial charge >= 0.3 is 6.03 Å². The molecule has 1 aromatic heterocycles. The summed E-state index contributed by atoms with van der Waals surface area (Å²) in [7, 11) is 0. The minimum absolute atomic E-state index is 0.358. The molecular weight excluding hydrogens is 418 g/mol. The van der Waals surface area contributed by atoms with Crippen molar-refractivity contribution in [2.24, 2.45) is 0 Å². The number of nitrogens with zero attached hydrogens (tertiary/aromatic N) is 1. The molecule has 2 aromatic rings. The van der Waals surface area contributed by atoms with E-state index in [9.17, 15) is 14.4 Å². The Labute approximate surface area is 184 Å². The molecule has 1 fully saturated rings. The highest BCUT2D eigenvalue weighted by molar-refractivity contribution is 7.10. The number of urea groups is 1. The summed E-state index contributed by atoms with van der Waals surface area (Å²) in [4.78, 5) is 40.6. The molecule has 4 rings (SSSR count). The number of nitrogens with one attached hydrogen (secondary N) is 2. The van der Waals surface area contributed by atoms with Crippen molar-refractivity contribution in [3.05, 3.63) is 40.1 Å². The lowest BCUT2D eigenvalue weighted by Crippen LogP contribution is -2.46. The highest BCUT2D eigenvalue weighted by atomic mass is 32.1. The lowest BCUT2D eigenvalue weighted by Gasteiger charge is -2.31. The van der Waals surface area contributed by atoms with Crippen molar-refractivity contribution in [1.82, 2.24) is 10.2 Å². The molecule has 1 aromatic carbocycles. The van der Waals surface area contributed by atoms with E-state index in [-0.39, 0.29) is 12.5 Å². The Kier molecular flexibility index (Phi) is 5.86. The Morgan fingerprint density at radius 3 is 2.74 bits per heavy atom. The van der Waals surface area contributed by atoms with Crippen molar-refractivity contribution in [1.29, 1.82) is 0 Å². The second-order valence-electron chi connectivity index (χ2n) is 7.41. The van der Waals surface area contributed by atoms with Gasteiger partial charge in [0.15, 0.2) is 11.5 Å². The number of aryl methyl sites for hydroxylation is 1. The minimum Gasteiger partial charge on any atom is -0.490 e. The Morgan fingerprint density at radius 1 is 1.19 bits per heavy atom. The van der Waals surface area contributed by atoms with Crippen molar-refractivity contribution < 1.29 is 23.9 Å². The number of thiophene rings is 1. The third-order valence-electron chi connectivity index (χ3n) is 5.47. The summed E-state index contributed by atoms with van der Waals surface area (Å²) in [5.74, 6) is 0.271. The van der Waals surface area contributed by atoms with E-state index in [2.05, 4.69) is 10.6 Å². The van der Waals surface area contributed by atoms with Crippen LogP contribution in [-0.2, 0) is 21.5 Å². The molecule has 9 heteroatoms. The largest absolute Gasteiger partial charge is 0.490 e. The smallest absolute Gasteiger partial charge is 0.325 e. The van der Waals surface area contributed by atoms with Crippen LogP contribution in [0.2, 0.25) is 0 Å². The molecule has 0 saturated carbocycles. The van der Waals surface area contributed by atoms with Crippen LogP contribution in [0.15, 0.2) is 29.6 Å². The maximum absolute atomic E-state index is 13.2. The van der Waals surface area contributed by atoms with Crippen LogP contribution in [0.4, 0.5) is 10.5 Å². The van der Waals surface area contributed by atoms with Crippen molar-refractivity contribution >= 4 is 34.9 Å². The van der Waals surface area contributed by atoms with E-state index in [0.717, 1.165) is 28.2 Å². The zero-order chi connectivity index (χ0) is 22.0. The third kappa shape index (κ3) is 3.85. The van der Waals surface area contributed by atoms with Gasteiger partial charge in [0.1, 0.15) is 12.1 Å². The number of hydrogen-bond donors (Lipinski definition) is 2. The lowest BCUT2D eigenvalue weighted by molar-refractivity contribution is -0.134. The molecule has 2 N–H and O–H groups in total. The first kappa shape index (κ1) is 21.2. The molecule has 0 bridgehead atoms. The maximum atomic E-state index is 13.2. The Morgan fingerprint density at radius 2 is 1.97 bits per heavy atom. The quantitative estimate of drug-likeness (QED) is 0.640. The average molecular weight is 444 g/mol. The Bertz CT molecular complexity index is 1020. The molecule has 0 radical (unpaired) electrons. The number of imide groups is 1. The van der Waals surface area contributed by atoms with Gasteiger partial charge in [0.05, 0.1) is 13.2 Å². The molecule has 1 saturated heterocycles. The fraction of sp³-hybridized carbons (Fsp3) is 0.409. The Balaban J connectivity index is 1.48. The van der Waals surface area contributed by atoms with E-state index < -0.39 is 17.5 Å². The summed E-state index contributed by atoms with van der Waals surface area (Å²) < 4.78 is 11.1. The van der Waals surface area contributed by atoms with Gasteiger partial charge in [0.2, 0.25) is 5.91 Å². The molecule has 8 nitrogen and oxygen atoms in total. The molecule has 1 spiro atoms. The van der Waals surface area contributed by atoms with Crippen LogP contribution in [0.5, 0.6) is 11.5 Å². The predicted octanol–water partition coefficient (Wildman–Crippen LogP) is 3.27. The van der Waals surface area contributed by atoms with Crippen LogP contribution in [0, 0.1) is 0 Å². The van der Waals surface area contributed by atoms with Gasteiger partial charge in [-0.15, -0.1) is 11.3 Å². The summed E-state index contributed by atoms with van der Waals surface area (Å²) in [6, 6.07) is 6.43. The number of ether oxygens (including phenoxy) is 2. The first-order valence-corrected chi connectivity index (χ1v) is 11.3. The summed E-state index contributed by atoms with van der Waals surface area (Å²) >= 11 is 1.59. The predicted molar refractivity (Wildman–Crippen MR) is 117 cm³/mol.